The number of rotatable bonds is 1. The lowest BCUT2D eigenvalue weighted by Gasteiger charge is -2.22. The van der Waals surface area contributed by atoms with E-state index in [9.17, 15) is 4.79 Å². The average Bonchev–Trinajstić information content (AvgIpc) is 3.04. The number of likely N-dealkylation sites (tertiary alicyclic amines) is 2. The summed E-state index contributed by atoms with van der Waals surface area (Å²) < 4.78 is 2.11. The van der Waals surface area contributed by atoms with Crippen LogP contribution in [0, 0.1) is 5.92 Å². The predicted molar refractivity (Wildman–Crippen MR) is 79.9 cm³/mol. The first kappa shape index (κ1) is 13.7. The predicted octanol–water partition coefficient (Wildman–Crippen LogP) is 2.02. The van der Waals surface area contributed by atoms with Gasteiger partial charge in [-0.3, -0.25) is 4.79 Å². The maximum atomic E-state index is 12.6. The highest BCUT2D eigenvalue weighted by Gasteiger charge is 2.41. The molecule has 1 aromatic rings. The van der Waals surface area contributed by atoms with E-state index in [4.69, 9.17) is 0 Å². The monoisotopic (exact) mass is 275 g/mol. The van der Waals surface area contributed by atoms with Gasteiger partial charge in [0.05, 0.1) is 5.56 Å². The Hall–Kier alpha value is -1.29. The highest BCUT2D eigenvalue weighted by atomic mass is 16.2. The second kappa shape index (κ2) is 4.62. The zero-order valence-electron chi connectivity index (χ0n) is 13.0. The van der Waals surface area contributed by atoms with Crippen LogP contribution in [0.15, 0.2) is 18.5 Å². The van der Waals surface area contributed by atoms with Crippen LogP contribution >= 0.6 is 0 Å². The van der Waals surface area contributed by atoms with Crippen molar-refractivity contribution < 1.29 is 4.79 Å². The summed E-state index contributed by atoms with van der Waals surface area (Å²) in [5, 5.41) is 0. The van der Waals surface area contributed by atoms with E-state index in [1.54, 1.807) is 0 Å². The third kappa shape index (κ3) is 2.26. The number of nitrogens with zero attached hydrogens (tertiary/aromatic N) is 3. The van der Waals surface area contributed by atoms with Crippen molar-refractivity contribution in [2.24, 2.45) is 5.92 Å². The molecule has 2 atom stereocenters. The summed E-state index contributed by atoms with van der Waals surface area (Å²) in [6.07, 6.45) is 5.23. The third-order valence-electron chi connectivity index (χ3n) is 4.83. The second-order valence-corrected chi connectivity index (χ2v) is 7.29. The zero-order valence-corrected chi connectivity index (χ0v) is 13.0. The maximum Gasteiger partial charge on any atom is 0.255 e. The molecule has 2 fully saturated rings. The van der Waals surface area contributed by atoms with Crippen molar-refractivity contribution in [3.05, 3.63) is 24.0 Å². The molecule has 0 radical (unpaired) electrons. The standard InChI is InChI=1S/C16H25N3O/c1-16(2,3)19-8-6-13(10-19)15(20)18-9-12-5-7-17(4)14(12)11-18/h6,8,10,12,14H,5,7,9,11H2,1-4H3/t12-,14+/m0/s1. The van der Waals surface area contributed by atoms with Crippen LogP contribution in [0.1, 0.15) is 37.6 Å². The molecule has 0 unspecified atom stereocenters. The van der Waals surface area contributed by atoms with Gasteiger partial charge in [0.2, 0.25) is 0 Å². The molecule has 1 amide bonds. The molecular weight excluding hydrogens is 250 g/mol. The van der Waals surface area contributed by atoms with E-state index in [0.29, 0.717) is 12.0 Å². The molecule has 20 heavy (non-hydrogen) atoms. The minimum absolute atomic E-state index is 0.0280. The molecule has 1 aromatic heterocycles. The lowest BCUT2D eigenvalue weighted by Crippen LogP contribution is -2.35. The zero-order chi connectivity index (χ0) is 14.5. The number of carbonyl (C=O) groups excluding carboxylic acids is 1. The second-order valence-electron chi connectivity index (χ2n) is 7.29. The third-order valence-corrected chi connectivity index (χ3v) is 4.83. The van der Waals surface area contributed by atoms with Crippen molar-refractivity contribution >= 4 is 5.91 Å². The molecule has 0 saturated carbocycles. The number of amides is 1. The molecule has 0 N–H and O–H groups in total. The Bertz CT molecular complexity index is 514. The lowest BCUT2D eigenvalue weighted by molar-refractivity contribution is 0.0774. The van der Waals surface area contributed by atoms with Crippen LogP contribution in [0.5, 0.6) is 0 Å². The van der Waals surface area contributed by atoms with Crippen LogP contribution in [0.3, 0.4) is 0 Å². The molecule has 110 valence electrons. The van der Waals surface area contributed by atoms with Crippen LogP contribution in [0.25, 0.3) is 0 Å². The normalized spacial score (nSPS) is 27.1. The molecule has 2 saturated heterocycles. The SMILES string of the molecule is CN1CC[C@H]2CN(C(=O)c3ccn(C(C)(C)C)c3)C[C@H]21. The Morgan fingerprint density at radius 2 is 2.05 bits per heavy atom. The van der Waals surface area contributed by atoms with Gasteiger partial charge in [0, 0.05) is 37.1 Å². The van der Waals surface area contributed by atoms with Gasteiger partial charge in [-0.2, -0.15) is 0 Å². The van der Waals surface area contributed by atoms with Gasteiger partial charge in [-0.15, -0.1) is 0 Å². The fourth-order valence-electron chi connectivity index (χ4n) is 3.46. The molecule has 2 aliphatic rings. The van der Waals surface area contributed by atoms with Gasteiger partial charge in [0.1, 0.15) is 0 Å². The summed E-state index contributed by atoms with van der Waals surface area (Å²) in [5.74, 6) is 0.865. The van der Waals surface area contributed by atoms with Crippen LogP contribution in [-0.2, 0) is 5.54 Å². The van der Waals surface area contributed by atoms with Gasteiger partial charge in [0.15, 0.2) is 0 Å². The van der Waals surface area contributed by atoms with Crippen molar-refractivity contribution in [1.82, 2.24) is 14.4 Å². The Balaban J connectivity index is 1.73. The first-order valence-corrected chi connectivity index (χ1v) is 7.54. The van der Waals surface area contributed by atoms with E-state index in [-0.39, 0.29) is 11.4 Å². The average molecular weight is 275 g/mol. The van der Waals surface area contributed by atoms with E-state index in [2.05, 4.69) is 37.3 Å². The quantitative estimate of drug-likeness (QED) is 0.784. The summed E-state index contributed by atoms with van der Waals surface area (Å²) >= 11 is 0. The van der Waals surface area contributed by atoms with Gasteiger partial charge in [-0.1, -0.05) is 0 Å². The van der Waals surface area contributed by atoms with Crippen LogP contribution in [0.4, 0.5) is 0 Å². The number of hydrogen-bond donors (Lipinski definition) is 0. The Morgan fingerprint density at radius 3 is 2.65 bits per heavy atom. The summed E-state index contributed by atoms with van der Waals surface area (Å²) in [7, 11) is 2.18. The first-order chi connectivity index (χ1) is 9.36. The highest BCUT2D eigenvalue weighted by molar-refractivity contribution is 5.94. The van der Waals surface area contributed by atoms with E-state index in [0.717, 1.165) is 18.7 Å². The van der Waals surface area contributed by atoms with Crippen LogP contribution in [0.2, 0.25) is 0 Å². The van der Waals surface area contributed by atoms with Gasteiger partial charge >= 0.3 is 0 Å². The summed E-state index contributed by atoms with van der Waals surface area (Å²) in [4.78, 5) is 17.1. The molecule has 4 nitrogen and oxygen atoms in total. The van der Waals surface area contributed by atoms with Crippen LogP contribution < -0.4 is 0 Å². The number of carbonyl (C=O) groups is 1. The molecule has 0 aliphatic carbocycles. The smallest absolute Gasteiger partial charge is 0.255 e. The first-order valence-electron chi connectivity index (χ1n) is 7.54. The molecular formula is C16H25N3O. The molecule has 0 aromatic carbocycles. The molecule has 4 heteroatoms. The summed E-state index contributed by atoms with van der Waals surface area (Å²) in [5.41, 5.74) is 0.850. The minimum Gasteiger partial charge on any atom is -0.348 e. The van der Waals surface area contributed by atoms with Crippen molar-refractivity contribution in [1.29, 1.82) is 0 Å². The fraction of sp³-hybridized carbons (Fsp3) is 0.688. The Labute approximate surface area is 121 Å². The number of hydrogen-bond acceptors (Lipinski definition) is 2. The van der Waals surface area contributed by atoms with Crippen molar-refractivity contribution in [3.8, 4) is 0 Å². The molecule has 3 rings (SSSR count). The lowest BCUT2D eigenvalue weighted by atomic mass is 10.1. The molecule has 0 spiro atoms. The summed E-state index contributed by atoms with van der Waals surface area (Å²) in [6, 6.07) is 2.52. The van der Waals surface area contributed by atoms with Gasteiger partial charge in [-0.05, 0) is 52.8 Å². The van der Waals surface area contributed by atoms with Gasteiger partial charge in [0.25, 0.3) is 5.91 Å². The molecule has 3 heterocycles. The topological polar surface area (TPSA) is 28.5 Å². The fourth-order valence-corrected chi connectivity index (χ4v) is 3.46. The van der Waals surface area contributed by atoms with E-state index in [1.165, 1.54) is 13.0 Å². The number of likely N-dealkylation sites (N-methyl/N-ethyl adjacent to an activating group) is 1. The van der Waals surface area contributed by atoms with Crippen molar-refractivity contribution in [2.45, 2.75) is 38.8 Å². The van der Waals surface area contributed by atoms with Crippen molar-refractivity contribution in [3.63, 3.8) is 0 Å². The van der Waals surface area contributed by atoms with E-state index < -0.39 is 0 Å². The number of aromatic nitrogens is 1. The Kier molecular flexibility index (Phi) is 3.16. The highest BCUT2D eigenvalue weighted by Crippen LogP contribution is 2.31. The molecule has 0 bridgehead atoms. The maximum absolute atomic E-state index is 12.6. The van der Waals surface area contributed by atoms with Crippen LogP contribution in [-0.4, -0.2) is 53.0 Å². The minimum atomic E-state index is 0.0280. The largest absolute Gasteiger partial charge is 0.348 e. The van der Waals surface area contributed by atoms with Gasteiger partial charge < -0.3 is 14.4 Å². The Morgan fingerprint density at radius 1 is 1.30 bits per heavy atom. The van der Waals surface area contributed by atoms with E-state index in [1.807, 2.05) is 23.4 Å². The molecule has 2 aliphatic heterocycles. The number of fused-ring (bicyclic) bond motifs is 1. The van der Waals surface area contributed by atoms with Gasteiger partial charge in [-0.25, -0.2) is 0 Å². The summed E-state index contributed by atoms with van der Waals surface area (Å²) in [6.45, 7) is 9.44. The van der Waals surface area contributed by atoms with E-state index >= 15 is 0 Å². The van der Waals surface area contributed by atoms with Crippen molar-refractivity contribution in [2.75, 3.05) is 26.7 Å².